The van der Waals surface area contributed by atoms with Crippen LogP contribution in [0.15, 0.2) is 35.2 Å². The lowest BCUT2D eigenvalue weighted by atomic mass is 10.2. The maximum Gasteiger partial charge on any atom is 0.419 e. The van der Waals surface area contributed by atoms with Crippen molar-refractivity contribution >= 4 is 50.6 Å². The molecule has 0 radical (unpaired) electrons. The van der Waals surface area contributed by atoms with Crippen LogP contribution in [-0.2, 0) is 6.18 Å². The fourth-order valence-electron chi connectivity index (χ4n) is 2.47. The highest BCUT2D eigenvalue weighted by atomic mass is 79.9. The summed E-state index contributed by atoms with van der Waals surface area (Å²) >= 11 is 4.06. The van der Waals surface area contributed by atoms with Crippen molar-refractivity contribution in [2.24, 2.45) is 0 Å². The average Bonchev–Trinajstić information content (AvgIpc) is 3.21. The van der Waals surface area contributed by atoms with Crippen molar-refractivity contribution in [3.63, 3.8) is 0 Å². The summed E-state index contributed by atoms with van der Waals surface area (Å²) in [6.07, 6.45) is -2.56. The van der Waals surface area contributed by atoms with Crippen molar-refractivity contribution in [1.29, 1.82) is 0 Å². The number of alkyl halides is 3. The molecule has 4 N–H and O–H groups in total. The normalized spacial score (nSPS) is 12.3. The Hall–Kier alpha value is -3.13. The number of nitrogens with zero attached hydrogens (tertiary/aromatic N) is 3. The Morgan fingerprint density at radius 3 is 2.59 bits per heavy atom. The minimum atomic E-state index is -4.90. The van der Waals surface area contributed by atoms with E-state index in [2.05, 4.69) is 41.5 Å². The predicted octanol–water partition coefficient (Wildman–Crippen LogP) is 4.18. The molecule has 1 unspecified atom stereocenters. The maximum atomic E-state index is 13.4. The van der Waals surface area contributed by atoms with Gasteiger partial charge < -0.3 is 16.4 Å². The molecule has 14 heteroatoms. The topological polar surface area (TPSA) is 123 Å². The van der Waals surface area contributed by atoms with Gasteiger partial charge in [-0.25, -0.2) is 19.3 Å². The molecule has 0 saturated carbocycles. The summed E-state index contributed by atoms with van der Waals surface area (Å²) in [6, 6.07) is 1.51. The van der Waals surface area contributed by atoms with Gasteiger partial charge in [0.2, 0.25) is 0 Å². The number of amides is 2. The molecule has 0 saturated heterocycles. The molecule has 1 aromatic carbocycles. The van der Waals surface area contributed by atoms with Crippen LogP contribution in [0.3, 0.4) is 0 Å². The van der Waals surface area contributed by atoms with Crippen LogP contribution in [0.4, 0.5) is 29.1 Å². The minimum absolute atomic E-state index is 0.00986. The fourth-order valence-corrected chi connectivity index (χ4v) is 3.67. The lowest BCUT2D eigenvalue weighted by Gasteiger charge is -2.12. The summed E-state index contributed by atoms with van der Waals surface area (Å²) in [5.41, 5.74) is 3.91. The number of carbonyl (C=O) groups excluding carboxylic acids is 2. The molecule has 0 fully saturated rings. The van der Waals surface area contributed by atoms with E-state index in [1.165, 1.54) is 6.20 Å². The first-order chi connectivity index (χ1) is 15.0. The molecule has 8 nitrogen and oxygen atoms in total. The van der Waals surface area contributed by atoms with Crippen LogP contribution >= 0.6 is 27.3 Å². The van der Waals surface area contributed by atoms with Crippen molar-refractivity contribution in [1.82, 2.24) is 20.3 Å². The van der Waals surface area contributed by atoms with Crippen molar-refractivity contribution < 1.29 is 27.2 Å². The molecule has 168 valence electrons. The van der Waals surface area contributed by atoms with E-state index in [0.29, 0.717) is 17.1 Å². The molecule has 2 aromatic heterocycles. The molecule has 2 heterocycles. The second kappa shape index (κ2) is 9.16. The summed E-state index contributed by atoms with van der Waals surface area (Å²) in [5.74, 6) is -2.67. The van der Waals surface area contributed by atoms with Crippen molar-refractivity contribution in [3.05, 3.63) is 62.2 Å². The molecule has 0 aliphatic heterocycles. The zero-order valence-corrected chi connectivity index (χ0v) is 18.4. The Morgan fingerprint density at radius 2 is 1.91 bits per heavy atom. The first-order valence-corrected chi connectivity index (χ1v) is 10.3. The number of carbonyl (C=O) groups is 2. The number of hydrogen-bond donors (Lipinski definition) is 3. The number of nitrogens with two attached hydrogens (primary N) is 1. The van der Waals surface area contributed by atoms with Crippen LogP contribution in [0.5, 0.6) is 0 Å². The van der Waals surface area contributed by atoms with Gasteiger partial charge in [0, 0.05) is 5.69 Å². The number of halogens is 5. The van der Waals surface area contributed by atoms with E-state index in [0.717, 1.165) is 23.7 Å². The Labute approximate surface area is 190 Å². The highest BCUT2D eigenvalue weighted by molar-refractivity contribution is 9.10. The van der Waals surface area contributed by atoms with E-state index in [9.17, 15) is 27.2 Å². The first-order valence-electron chi connectivity index (χ1n) is 8.68. The van der Waals surface area contributed by atoms with Crippen LogP contribution in [0, 0.1) is 5.82 Å². The second-order valence-electron chi connectivity index (χ2n) is 6.33. The molecule has 0 aliphatic rings. The van der Waals surface area contributed by atoms with E-state index in [1.54, 1.807) is 6.92 Å². The van der Waals surface area contributed by atoms with Gasteiger partial charge in [-0.1, -0.05) is 0 Å². The molecule has 3 rings (SSSR count). The highest BCUT2D eigenvalue weighted by Crippen LogP contribution is 2.33. The van der Waals surface area contributed by atoms with Gasteiger partial charge in [-0.05, 0) is 41.1 Å². The van der Waals surface area contributed by atoms with E-state index >= 15 is 0 Å². The fraction of sp³-hybridized carbons (Fsp3) is 0.167. The molecular formula is C18H13BrF4N6O2S. The quantitative estimate of drug-likeness (QED) is 0.423. The van der Waals surface area contributed by atoms with Gasteiger partial charge >= 0.3 is 6.18 Å². The Kier molecular flexibility index (Phi) is 6.74. The Bertz CT molecular complexity index is 1190. The third kappa shape index (κ3) is 5.19. The average molecular weight is 533 g/mol. The standard InChI is InChI=1S/C18H13BrF4N6O2S/c1-7(28-16(31)13-12(19)14(24)27-6-26-13)17-25-5-11(32-17)15(30)29-8-2-3-10(20)9(4-8)18(21,22)23/h2-7H,1H3,(H,28,31)(H,29,30)(H2,24,26,27). The molecule has 3 aromatic rings. The minimum Gasteiger partial charge on any atom is -0.383 e. The molecular weight excluding hydrogens is 520 g/mol. The second-order valence-corrected chi connectivity index (χ2v) is 8.18. The van der Waals surface area contributed by atoms with Gasteiger partial charge in [0.1, 0.15) is 33.5 Å². The number of benzene rings is 1. The van der Waals surface area contributed by atoms with Crippen LogP contribution in [-0.4, -0.2) is 26.8 Å². The zero-order valence-electron chi connectivity index (χ0n) is 16.0. The number of rotatable bonds is 5. The lowest BCUT2D eigenvalue weighted by Crippen LogP contribution is -2.28. The van der Waals surface area contributed by atoms with Crippen molar-refractivity contribution in [2.75, 3.05) is 11.1 Å². The van der Waals surface area contributed by atoms with E-state index in [-0.39, 0.29) is 26.5 Å². The summed E-state index contributed by atoms with van der Waals surface area (Å²) in [4.78, 5) is 36.5. The van der Waals surface area contributed by atoms with Gasteiger partial charge in [0.15, 0.2) is 0 Å². The van der Waals surface area contributed by atoms with Crippen molar-refractivity contribution in [3.8, 4) is 0 Å². The largest absolute Gasteiger partial charge is 0.419 e. The Morgan fingerprint density at radius 1 is 1.19 bits per heavy atom. The Balaban J connectivity index is 1.70. The molecule has 2 amide bonds. The van der Waals surface area contributed by atoms with E-state index in [4.69, 9.17) is 5.73 Å². The first kappa shape index (κ1) is 23.5. The van der Waals surface area contributed by atoms with Crippen LogP contribution in [0.25, 0.3) is 0 Å². The van der Waals surface area contributed by atoms with Crippen LogP contribution in [0.1, 0.15) is 43.7 Å². The predicted molar refractivity (Wildman–Crippen MR) is 111 cm³/mol. The van der Waals surface area contributed by atoms with E-state index in [1.807, 2.05) is 0 Å². The van der Waals surface area contributed by atoms with Gasteiger partial charge in [-0.15, -0.1) is 11.3 Å². The molecule has 1 atom stereocenters. The van der Waals surface area contributed by atoms with Gasteiger partial charge in [-0.2, -0.15) is 13.2 Å². The third-order valence-electron chi connectivity index (χ3n) is 4.03. The summed E-state index contributed by atoms with van der Waals surface area (Å²) in [6.45, 7) is 1.62. The van der Waals surface area contributed by atoms with Crippen LogP contribution in [0.2, 0.25) is 0 Å². The molecule has 32 heavy (non-hydrogen) atoms. The zero-order chi connectivity index (χ0) is 23.6. The summed E-state index contributed by atoms with van der Waals surface area (Å²) in [7, 11) is 0. The van der Waals surface area contributed by atoms with Crippen LogP contribution < -0.4 is 16.4 Å². The summed E-state index contributed by atoms with van der Waals surface area (Å²) < 4.78 is 52.1. The van der Waals surface area contributed by atoms with Gasteiger partial charge in [0.05, 0.1) is 22.3 Å². The van der Waals surface area contributed by atoms with Gasteiger partial charge in [0.25, 0.3) is 11.8 Å². The number of nitrogens with one attached hydrogen (secondary N) is 2. The summed E-state index contributed by atoms with van der Waals surface area (Å²) in [5, 5.41) is 5.28. The van der Waals surface area contributed by atoms with Crippen molar-refractivity contribution in [2.45, 2.75) is 19.1 Å². The number of aromatic nitrogens is 3. The smallest absolute Gasteiger partial charge is 0.383 e. The molecule has 0 bridgehead atoms. The van der Waals surface area contributed by atoms with Gasteiger partial charge in [-0.3, -0.25) is 9.59 Å². The lowest BCUT2D eigenvalue weighted by molar-refractivity contribution is -0.139. The number of thiazole rings is 1. The number of hydrogen-bond acceptors (Lipinski definition) is 7. The number of anilines is 2. The maximum absolute atomic E-state index is 13.4. The SMILES string of the molecule is CC(NC(=O)c1ncnc(N)c1Br)c1ncc(C(=O)Nc2ccc(F)c(C(F)(F)F)c2)s1. The molecule has 0 aliphatic carbocycles. The highest BCUT2D eigenvalue weighted by Gasteiger charge is 2.34. The number of nitrogen functional groups attached to an aromatic ring is 1. The van der Waals surface area contributed by atoms with E-state index < -0.39 is 35.4 Å². The monoisotopic (exact) mass is 532 g/mol. The third-order valence-corrected chi connectivity index (χ3v) is 5.99. The molecule has 0 spiro atoms.